The molecule has 6 nitrogen and oxygen atoms in total. The van der Waals surface area contributed by atoms with E-state index in [9.17, 15) is 8.42 Å². The minimum absolute atomic E-state index is 0.187. The fourth-order valence-electron chi connectivity index (χ4n) is 2.14. The summed E-state index contributed by atoms with van der Waals surface area (Å²) >= 11 is 0. The van der Waals surface area contributed by atoms with Crippen LogP contribution in [0, 0.1) is 0 Å². The number of hydrogen-bond acceptors (Lipinski definition) is 5. The maximum Gasteiger partial charge on any atom is 0.240 e. The third-order valence-electron chi connectivity index (χ3n) is 3.36. The minimum Gasteiger partial charge on any atom is -0.497 e. The van der Waals surface area contributed by atoms with E-state index in [4.69, 9.17) is 14.2 Å². The predicted octanol–water partition coefficient (Wildman–Crippen LogP) is 2.84. The number of nitrogens with one attached hydrogen (secondary N) is 1. The van der Waals surface area contributed by atoms with E-state index >= 15 is 0 Å². The molecular formula is C18H23NO5S. The van der Waals surface area contributed by atoms with Gasteiger partial charge in [0.05, 0.1) is 24.7 Å². The van der Waals surface area contributed by atoms with Crippen LogP contribution in [0.15, 0.2) is 53.4 Å². The van der Waals surface area contributed by atoms with Crippen molar-refractivity contribution in [2.24, 2.45) is 0 Å². The van der Waals surface area contributed by atoms with Gasteiger partial charge in [-0.05, 0) is 62.4 Å². The van der Waals surface area contributed by atoms with Crippen LogP contribution in [0.3, 0.4) is 0 Å². The topological polar surface area (TPSA) is 73.9 Å². The molecule has 0 spiro atoms. The lowest BCUT2D eigenvalue weighted by Crippen LogP contribution is -2.36. The summed E-state index contributed by atoms with van der Waals surface area (Å²) in [7, 11) is -2.02. The van der Waals surface area contributed by atoms with Gasteiger partial charge in [-0.3, -0.25) is 0 Å². The Morgan fingerprint density at radius 3 is 2.00 bits per heavy atom. The molecule has 1 N–H and O–H groups in total. The van der Waals surface area contributed by atoms with Gasteiger partial charge in [-0.25, -0.2) is 13.1 Å². The molecule has 0 radical (unpaired) electrons. The van der Waals surface area contributed by atoms with E-state index in [1.807, 2.05) is 6.92 Å². The monoisotopic (exact) mass is 365 g/mol. The number of benzene rings is 2. The van der Waals surface area contributed by atoms with Gasteiger partial charge in [0.15, 0.2) is 0 Å². The van der Waals surface area contributed by atoms with Crippen molar-refractivity contribution in [3.63, 3.8) is 0 Å². The van der Waals surface area contributed by atoms with E-state index in [2.05, 4.69) is 4.72 Å². The average molecular weight is 365 g/mol. The summed E-state index contributed by atoms with van der Waals surface area (Å²) in [5.74, 6) is 2.02. The molecule has 2 aromatic rings. The Bertz CT molecular complexity index is 757. The average Bonchev–Trinajstić information content (AvgIpc) is 2.61. The lowest BCUT2D eigenvalue weighted by Gasteiger charge is -2.15. The van der Waals surface area contributed by atoms with Crippen LogP contribution in [0.2, 0.25) is 0 Å². The second kappa shape index (κ2) is 8.73. The Balaban J connectivity index is 1.92. The van der Waals surface area contributed by atoms with Crippen LogP contribution < -0.4 is 18.9 Å². The molecule has 0 saturated heterocycles. The number of sulfonamides is 1. The van der Waals surface area contributed by atoms with Crippen molar-refractivity contribution >= 4 is 10.0 Å². The maximum absolute atomic E-state index is 12.4. The molecule has 0 amide bonds. The van der Waals surface area contributed by atoms with E-state index in [0.29, 0.717) is 18.1 Å². The van der Waals surface area contributed by atoms with Gasteiger partial charge in [-0.1, -0.05) is 0 Å². The first-order valence-electron chi connectivity index (χ1n) is 7.96. The standard InChI is InChI=1S/C18H23NO5S/c1-4-23-16-9-11-18(12-10-16)25(20,21)19-14(2)13-24-17-7-5-15(22-3)6-8-17/h5-12,14,19H,4,13H2,1-3H3/t14-/m0/s1. The molecule has 2 rings (SSSR count). The zero-order valence-corrected chi connectivity index (χ0v) is 15.4. The fourth-order valence-corrected chi connectivity index (χ4v) is 3.37. The first kappa shape index (κ1) is 19.1. The quantitative estimate of drug-likeness (QED) is 0.740. The lowest BCUT2D eigenvalue weighted by molar-refractivity contribution is 0.287. The number of hydrogen-bond donors (Lipinski definition) is 1. The second-order valence-electron chi connectivity index (χ2n) is 5.41. The van der Waals surface area contributed by atoms with E-state index in [1.165, 1.54) is 12.1 Å². The van der Waals surface area contributed by atoms with Gasteiger partial charge in [0.25, 0.3) is 0 Å². The molecule has 0 aliphatic rings. The van der Waals surface area contributed by atoms with Gasteiger partial charge in [0.2, 0.25) is 10.0 Å². The van der Waals surface area contributed by atoms with Gasteiger partial charge in [0, 0.05) is 0 Å². The first-order chi connectivity index (χ1) is 11.9. The molecule has 136 valence electrons. The third kappa shape index (κ3) is 5.65. The van der Waals surface area contributed by atoms with Gasteiger partial charge in [-0.15, -0.1) is 0 Å². The molecule has 0 bridgehead atoms. The summed E-state index contributed by atoms with van der Waals surface area (Å²) < 4.78 is 43.4. The largest absolute Gasteiger partial charge is 0.497 e. The highest BCUT2D eigenvalue weighted by molar-refractivity contribution is 7.89. The van der Waals surface area contributed by atoms with Crippen LogP contribution in [0.5, 0.6) is 17.2 Å². The fraction of sp³-hybridized carbons (Fsp3) is 0.333. The molecule has 25 heavy (non-hydrogen) atoms. The first-order valence-corrected chi connectivity index (χ1v) is 9.45. The van der Waals surface area contributed by atoms with E-state index < -0.39 is 16.1 Å². The summed E-state index contributed by atoms with van der Waals surface area (Å²) in [6.45, 7) is 4.36. The van der Waals surface area contributed by atoms with Gasteiger partial charge in [0.1, 0.15) is 23.9 Å². The Kier molecular flexibility index (Phi) is 6.66. The molecular weight excluding hydrogens is 342 g/mol. The van der Waals surface area contributed by atoms with Crippen molar-refractivity contribution in [2.75, 3.05) is 20.3 Å². The second-order valence-corrected chi connectivity index (χ2v) is 7.13. The normalized spacial score (nSPS) is 12.4. The summed E-state index contributed by atoms with van der Waals surface area (Å²) in [6, 6.07) is 13.0. The van der Waals surface area contributed by atoms with E-state index in [1.54, 1.807) is 50.4 Å². The number of ether oxygens (including phenoxy) is 3. The molecule has 0 unspecified atom stereocenters. The molecule has 0 aromatic heterocycles. The summed E-state index contributed by atoms with van der Waals surface area (Å²) in [5, 5.41) is 0. The molecule has 0 heterocycles. The molecule has 0 aliphatic carbocycles. The Morgan fingerprint density at radius 1 is 0.920 bits per heavy atom. The predicted molar refractivity (Wildman–Crippen MR) is 95.9 cm³/mol. The maximum atomic E-state index is 12.4. The van der Waals surface area contributed by atoms with Crippen LogP contribution in [0.1, 0.15) is 13.8 Å². The highest BCUT2D eigenvalue weighted by atomic mass is 32.2. The number of methoxy groups -OCH3 is 1. The zero-order chi connectivity index (χ0) is 18.3. The highest BCUT2D eigenvalue weighted by Gasteiger charge is 2.17. The van der Waals surface area contributed by atoms with Crippen LogP contribution in [0.4, 0.5) is 0 Å². The van der Waals surface area contributed by atoms with E-state index in [0.717, 1.165) is 5.75 Å². The van der Waals surface area contributed by atoms with Crippen molar-refractivity contribution in [1.29, 1.82) is 0 Å². The van der Waals surface area contributed by atoms with Crippen LogP contribution in [-0.4, -0.2) is 34.8 Å². The van der Waals surface area contributed by atoms with Crippen molar-refractivity contribution in [2.45, 2.75) is 24.8 Å². The molecule has 1 atom stereocenters. The van der Waals surface area contributed by atoms with Gasteiger partial charge < -0.3 is 14.2 Å². The van der Waals surface area contributed by atoms with Gasteiger partial charge >= 0.3 is 0 Å². The molecule has 0 saturated carbocycles. The smallest absolute Gasteiger partial charge is 0.240 e. The Morgan fingerprint density at radius 2 is 1.44 bits per heavy atom. The Labute approximate surface area is 148 Å². The van der Waals surface area contributed by atoms with Crippen molar-refractivity contribution < 1.29 is 22.6 Å². The zero-order valence-electron chi connectivity index (χ0n) is 14.6. The minimum atomic E-state index is -3.61. The van der Waals surface area contributed by atoms with Crippen LogP contribution in [-0.2, 0) is 10.0 Å². The summed E-state index contributed by atoms with van der Waals surface area (Å²) in [6.07, 6.45) is 0. The molecule has 2 aromatic carbocycles. The van der Waals surface area contributed by atoms with Gasteiger partial charge in [-0.2, -0.15) is 0 Å². The highest BCUT2D eigenvalue weighted by Crippen LogP contribution is 2.18. The lowest BCUT2D eigenvalue weighted by atomic mass is 10.3. The van der Waals surface area contributed by atoms with Crippen molar-refractivity contribution in [3.05, 3.63) is 48.5 Å². The summed E-state index contributed by atoms with van der Waals surface area (Å²) in [5.41, 5.74) is 0. The van der Waals surface area contributed by atoms with Crippen LogP contribution >= 0.6 is 0 Å². The Hall–Kier alpha value is -2.25. The molecule has 0 aliphatic heterocycles. The van der Waals surface area contributed by atoms with Crippen molar-refractivity contribution in [1.82, 2.24) is 4.72 Å². The number of rotatable bonds is 9. The van der Waals surface area contributed by atoms with E-state index in [-0.39, 0.29) is 11.5 Å². The third-order valence-corrected chi connectivity index (χ3v) is 4.97. The SMILES string of the molecule is CCOc1ccc(S(=O)(=O)N[C@@H](C)COc2ccc(OC)cc2)cc1. The molecule has 7 heteroatoms. The summed E-state index contributed by atoms with van der Waals surface area (Å²) in [4.78, 5) is 0.187. The van der Waals surface area contributed by atoms with Crippen molar-refractivity contribution in [3.8, 4) is 17.2 Å². The molecule has 0 fully saturated rings. The van der Waals surface area contributed by atoms with Crippen LogP contribution in [0.25, 0.3) is 0 Å².